The Labute approximate surface area is 66.6 Å². The molecule has 0 aromatic carbocycles. The molecule has 62 valence electrons. The molecule has 0 unspecified atom stereocenters. The minimum absolute atomic E-state index is 0.144. The molecule has 0 saturated carbocycles. The van der Waals surface area contributed by atoms with E-state index in [2.05, 4.69) is 0 Å². The lowest BCUT2D eigenvalue weighted by Crippen LogP contribution is -2.25. The molecule has 3 nitrogen and oxygen atoms in total. The lowest BCUT2D eigenvalue weighted by atomic mass is 9.96. The van der Waals surface area contributed by atoms with E-state index in [1.54, 1.807) is 0 Å². The number of nitrogens with zero attached hydrogens (tertiary/aromatic N) is 1. The summed E-state index contributed by atoms with van der Waals surface area (Å²) < 4.78 is 0. The van der Waals surface area contributed by atoms with Crippen molar-refractivity contribution in [3.8, 4) is 6.07 Å². The molecule has 0 rings (SSSR count). The molecule has 11 heavy (non-hydrogen) atoms. The normalized spacial score (nSPS) is 12.5. The standard InChI is InChI=1S/C8H13NO2/c1-6(2)3-7(5-9)4-8(10)11/h6-7H,3-4H2,1-2H3,(H,10,11)/p-1/t7-/m0/s1. The Morgan fingerprint density at radius 2 is 2.18 bits per heavy atom. The lowest BCUT2D eigenvalue weighted by Gasteiger charge is -2.11. The predicted molar refractivity (Wildman–Crippen MR) is 38.2 cm³/mol. The van der Waals surface area contributed by atoms with Gasteiger partial charge in [-0.1, -0.05) is 13.8 Å². The van der Waals surface area contributed by atoms with Crippen LogP contribution in [0.4, 0.5) is 0 Å². The number of carboxylic acid groups (broad SMARTS) is 1. The number of nitriles is 1. The Bertz CT molecular complexity index is 169. The number of hydrogen-bond donors (Lipinski definition) is 0. The molecule has 0 aliphatic carbocycles. The zero-order chi connectivity index (χ0) is 8.85. The topological polar surface area (TPSA) is 63.9 Å². The zero-order valence-electron chi connectivity index (χ0n) is 6.83. The fourth-order valence-corrected chi connectivity index (χ4v) is 0.952. The first-order valence-electron chi connectivity index (χ1n) is 3.65. The average Bonchev–Trinajstić information content (AvgIpc) is 1.84. The van der Waals surface area contributed by atoms with Crippen LogP contribution in [0, 0.1) is 23.2 Å². The minimum Gasteiger partial charge on any atom is -0.550 e. The first kappa shape index (κ1) is 9.96. The van der Waals surface area contributed by atoms with E-state index < -0.39 is 5.97 Å². The van der Waals surface area contributed by atoms with Crippen LogP contribution in [-0.4, -0.2) is 5.97 Å². The summed E-state index contributed by atoms with van der Waals surface area (Å²) >= 11 is 0. The van der Waals surface area contributed by atoms with Gasteiger partial charge in [-0.25, -0.2) is 0 Å². The van der Waals surface area contributed by atoms with Crippen molar-refractivity contribution in [3.05, 3.63) is 0 Å². The van der Waals surface area contributed by atoms with Crippen LogP contribution in [-0.2, 0) is 4.79 Å². The van der Waals surface area contributed by atoms with E-state index >= 15 is 0 Å². The summed E-state index contributed by atoms with van der Waals surface area (Å²) in [6.45, 7) is 3.92. The van der Waals surface area contributed by atoms with Gasteiger partial charge in [-0.2, -0.15) is 5.26 Å². The van der Waals surface area contributed by atoms with Gasteiger partial charge in [0.1, 0.15) is 0 Å². The number of carbonyl (C=O) groups excluding carboxylic acids is 1. The molecule has 0 aromatic heterocycles. The fourth-order valence-electron chi connectivity index (χ4n) is 0.952. The molecule has 3 heteroatoms. The maximum absolute atomic E-state index is 10.1. The van der Waals surface area contributed by atoms with Gasteiger partial charge in [-0.3, -0.25) is 0 Å². The van der Waals surface area contributed by atoms with E-state index in [1.165, 1.54) is 0 Å². The van der Waals surface area contributed by atoms with Crippen molar-refractivity contribution in [1.82, 2.24) is 0 Å². The third-order valence-corrected chi connectivity index (χ3v) is 1.35. The lowest BCUT2D eigenvalue weighted by molar-refractivity contribution is -0.306. The molecule has 0 bridgehead atoms. The van der Waals surface area contributed by atoms with Crippen LogP contribution in [0.25, 0.3) is 0 Å². The molecule has 0 heterocycles. The summed E-state index contributed by atoms with van der Waals surface area (Å²) in [7, 11) is 0. The number of carboxylic acids is 1. The number of carbonyl (C=O) groups is 1. The van der Waals surface area contributed by atoms with Crippen molar-refractivity contribution in [2.45, 2.75) is 26.7 Å². The first-order valence-corrected chi connectivity index (χ1v) is 3.65. The second kappa shape index (κ2) is 4.73. The van der Waals surface area contributed by atoms with E-state index in [0.717, 1.165) is 0 Å². The molecule has 0 aromatic rings. The molecule has 0 spiro atoms. The summed E-state index contributed by atoms with van der Waals surface area (Å²) in [6, 6.07) is 1.94. The van der Waals surface area contributed by atoms with Gasteiger partial charge >= 0.3 is 0 Å². The van der Waals surface area contributed by atoms with E-state index in [1.807, 2.05) is 19.9 Å². The second-order valence-electron chi connectivity index (χ2n) is 3.03. The first-order chi connectivity index (χ1) is 5.06. The van der Waals surface area contributed by atoms with Crippen molar-refractivity contribution in [2.75, 3.05) is 0 Å². The van der Waals surface area contributed by atoms with Crippen molar-refractivity contribution in [3.63, 3.8) is 0 Å². The van der Waals surface area contributed by atoms with Gasteiger partial charge in [-0.05, 0) is 12.3 Å². The largest absolute Gasteiger partial charge is 0.550 e. The Hall–Kier alpha value is -1.04. The molecular formula is C8H12NO2-. The molecule has 0 radical (unpaired) electrons. The van der Waals surface area contributed by atoms with E-state index in [0.29, 0.717) is 12.3 Å². The minimum atomic E-state index is -1.14. The molecule has 0 N–H and O–H groups in total. The van der Waals surface area contributed by atoms with Gasteiger partial charge in [0.15, 0.2) is 0 Å². The van der Waals surface area contributed by atoms with Crippen LogP contribution in [0.3, 0.4) is 0 Å². The highest BCUT2D eigenvalue weighted by molar-refractivity contribution is 5.64. The molecule has 0 fully saturated rings. The monoisotopic (exact) mass is 154 g/mol. The third-order valence-electron chi connectivity index (χ3n) is 1.35. The van der Waals surface area contributed by atoms with Crippen LogP contribution in [0.2, 0.25) is 0 Å². The Morgan fingerprint density at radius 3 is 2.45 bits per heavy atom. The van der Waals surface area contributed by atoms with Crippen molar-refractivity contribution in [2.24, 2.45) is 11.8 Å². The smallest absolute Gasteiger partial charge is 0.0659 e. The summed E-state index contributed by atoms with van der Waals surface area (Å²) in [5.41, 5.74) is 0. The summed E-state index contributed by atoms with van der Waals surface area (Å²) in [4.78, 5) is 10.1. The highest BCUT2D eigenvalue weighted by Crippen LogP contribution is 2.13. The fraction of sp³-hybridized carbons (Fsp3) is 0.750. The van der Waals surface area contributed by atoms with Crippen LogP contribution < -0.4 is 5.11 Å². The van der Waals surface area contributed by atoms with Crippen LogP contribution in [0.1, 0.15) is 26.7 Å². The quantitative estimate of drug-likeness (QED) is 0.585. The molecule has 0 aliphatic rings. The Kier molecular flexibility index (Phi) is 4.28. The molecular weight excluding hydrogens is 142 g/mol. The molecule has 0 amide bonds. The molecule has 0 aliphatic heterocycles. The SMILES string of the molecule is CC(C)C[C@H](C#N)CC(=O)[O-]. The summed E-state index contributed by atoms with van der Waals surface area (Å²) in [6.07, 6.45) is 0.485. The number of aliphatic carboxylic acids is 1. The van der Waals surface area contributed by atoms with E-state index in [-0.39, 0.29) is 12.3 Å². The number of hydrogen-bond acceptors (Lipinski definition) is 3. The van der Waals surface area contributed by atoms with Crippen molar-refractivity contribution >= 4 is 5.97 Å². The van der Waals surface area contributed by atoms with Gasteiger partial charge < -0.3 is 9.90 Å². The van der Waals surface area contributed by atoms with Crippen molar-refractivity contribution < 1.29 is 9.90 Å². The van der Waals surface area contributed by atoms with Crippen LogP contribution >= 0.6 is 0 Å². The van der Waals surface area contributed by atoms with Gasteiger partial charge in [-0.15, -0.1) is 0 Å². The van der Waals surface area contributed by atoms with Gasteiger partial charge in [0.2, 0.25) is 0 Å². The molecule has 0 saturated heterocycles. The highest BCUT2D eigenvalue weighted by Gasteiger charge is 2.09. The predicted octanol–water partition coefficient (Wildman–Crippen LogP) is 0.312. The maximum Gasteiger partial charge on any atom is 0.0659 e. The average molecular weight is 154 g/mol. The van der Waals surface area contributed by atoms with Crippen molar-refractivity contribution in [1.29, 1.82) is 5.26 Å². The van der Waals surface area contributed by atoms with Crippen LogP contribution in [0.15, 0.2) is 0 Å². The van der Waals surface area contributed by atoms with E-state index in [4.69, 9.17) is 5.26 Å². The molecule has 1 atom stereocenters. The Morgan fingerprint density at radius 1 is 1.64 bits per heavy atom. The van der Waals surface area contributed by atoms with Gasteiger partial charge in [0.25, 0.3) is 0 Å². The van der Waals surface area contributed by atoms with Gasteiger partial charge in [0, 0.05) is 12.4 Å². The third kappa shape index (κ3) is 5.41. The van der Waals surface area contributed by atoms with Crippen LogP contribution in [0.5, 0.6) is 0 Å². The summed E-state index contributed by atoms with van der Waals surface area (Å²) in [5, 5.41) is 18.6. The summed E-state index contributed by atoms with van der Waals surface area (Å²) in [5.74, 6) is -1.17. The van der Waals surface area contributed by atoms with E-state index in [9.17, 15) is 9.90 Å². The Balaban J connectivity index is 3.79. The second-order valence-corrected chi connectivity index (χ2v) is 3.03. The maximum atomic E-state index is 10.1. The highest BCUT2D eigenvalue weighted by atomic mass is 16.4. The zero-order valence-corrected chi connectivity index (χ0v) is 6.83. The number of rotatable bonds is 4. The van der Waals surface area contributed by atoms with Gasteiger partial charge in [0.05, 0.1) is 12.0 Å².